The monoisotopic (exact) mass is 241 g/mol. The van der Waals surface area contributed by atoms with Crippen molar-refractivity contribution >= 4 is 17.7 Å². The van der Waals surface area contributed by atoms with Crippen LogP contribution in [-0.4, -0.2) is 23.9 Å². The molecule has 0 spiro atoms. The van der Waals surface area contributed by atoms with Gasteiger partial charge in [0.2, 0.25) is 0 Å². The number of likely N-dealkylation sites (tertiary alicyclic amines) is 1. The van der Waals surface area contributed by atoms with Crippen molar-refractivity contribution in [2.24, 2.45) is 0 Å². The maximum atomic E-state index is 12.1. The maximum Gasteiger partial charge on any atom is 0.264 e. The quantitative estimate of drug-likeness (QED) is 0.487. The molecule has 1 aromatic carbocycles. The summed E-state index contributed by atoms with van der Waals surface area (Å²) in [5, 5.41) is 9.08. The number of nitriles is 1. The van der Waals surface area contributed by atoms with E-state index in [1.807, 2.05) is 6.07 Å². The third kappa shape index (κ3) is 2.69. The van der Waals surface area contributed by atoms with Crippen molar-refractivity contribution in [2.45, 2.75) is 12.8 Å². The first-order valence-electron chi connectivity index (χ1n) is 5.97. The summed E-state index contributed by atoms with van der Waals surface area (Å²) in [6.45, 7) is 1.50. The second kappa shape index (κ2) is 5.37. The van der Waals surface area contributed by atoms with Gasteiger partial charge in [0.15, 0.2) is 0 Å². The molecule has 2 rings (SSSR count). The summed E-state index contributed by atoms with van der Waals surface area (Å²) in [6.07, 6.45) is 3.65. The van der Waals surface area contributed by atoms with Gasteiger partial charge in [-0.2, -0.15) is 5.26 Å². The van der Waals surface area contributed by atoms with Crippen molar-refractivity contribution < 1.29 is 4.79 Å². The van der Waals surface area contributed by atoms with Gasteiger partial charge >= 0.3 is 0 Å². The van der Waals surface area contributed by atoms with E-state index in [1.54, 1.807) is 35.2 Å². The minimum absolute atomic E-state index is 0.174. The fourth-order valence-electron chi connectivity index (χ4n) is 1.99. The largest absolute Gasteiger partial charge is 0.399 e. The molecule has 1 aliphatic rings. The predicted molar refractivity (Wildman–Crippen MR) is 70.3 cm³/mol. The van der Waals surface area contributed by atoms with Gasteiger partial charge < -0.3 is 10.6 Å². The van der Waals surface area contributed by atoms with Gasteiger partial charge in [0.25, 0.3) is 5.91 Å². The van der Waals surface area contributed by atoms with Gasteiger partial charge in [-0.1, -0.05) is 12.1 Å². The minimum atomic E-state index is -0.174. The molecular weight excluding hydrogens is 226 g/mol. The van der Waals surface area contributed by atoms with E-state index in [9.17, 15) is 4.79 Å². The maximum absolute atomic E-state index is 12.1. The molecule has 4 heteroatoms. The highest BCUT2D eigenvalue weighted by atomic mass is 16.2. The van der Waals surface area contributed by atoms with Gasteiger partial charge in [0.1, 0.15) is 11.6 Å². The van der Waals surface area contributed by atoms with Crippen LogP contribution >= 0.6 is 0 Å². The molecule has 0 aliphatic carbocycles. The van der Waals surface area contributed by atoms with Crippen LogP contribution in [0.25, 0.3) is 6.08 Å². The molecule has 0 atom stereocenters. The Kier molecular flexibility index (Phi) is 3.63. The lowest BCUT2D eigenvalue weighted by atomic mass is 10.1. The fraction of sp³-hybridized carbons (Fsp3) is 0.286. The SMILES string of the molecule is N#CC(=Cc1ccc(N)cc1)C(=O)N1CCCC1. The molecule has 1 saturated heterocycles. The molecule has 0 unspecified atom stereocenters. The normalized spacial score (nSPS) is 15.5. The summed E-state index contributed by atoms with van der Waals surface area (Å²) in [4.78, 5) is 13.8. The van der Waals surface area contributed by atoms with Crippen LogP contribution in [0.15, 0.2) is 29.8 Å². The van der Waals surface area contributed by atoms with Gasteiger partial charge in [-0.15, -0.1) is 0 Å². The van der Waals surface area contributed by atoms with Crippen LogP contribution in [0.5, 0.6) is 0 Å². The summed E-state index contributed by atoms with van der Waals surface area (Å²) in [6, 6.07) is 9.07. The number of hydrogen-bond donors (Lipinski definition) is 1. The summed E-state index contributed by atoms with van der Waals surface area (Å²) < 4.78 is 0. The molecule has 4 nitrogen and oxygen atoms in total. The summed E-state index contributed by atoms with van der Waals surface area (Å²) >= 11 is 0. The summed E-state index contributed by atoms with van der Waals surface area (Å²) in [5.41, 5.74) is 7.25. The van der Waals surface area contributed by atoms with Crippen LogP contribution in [0.1, 0.15) is 18.4 Å². The van der Waals surface area contributed by atoms with Crippen LogP contribution in [0.2, 0.25) is 0 Å². The van der Waals surface area contributed by atoms with E-state index in [4.69, 9.17) is 11.0 Å². The van der Waals surface area contributed by atoms with E-state index in [0.29, 0.717) is 5.69 Å². The Bertz CT molecular complexity index is 505. The van der Waals surface area contributed by atoms with Crippen molar-refractivity contribution in [3.63, 3.8) is 0 Å². The van der Waals surface area contributed by atoms with Crippen LogP contribution in [-0.2, 0) is 4.79 Å². The van der Waals surface area contributed by atoms with Crippen molar-refractivity contribution in [3.8, 4) is 6.07 Å². The highest BCUT2D eigenvalue weighted by Crippen LogP contribution is 2.15. The minimum Gasteiger partial charge on any atom is -0.399 e. The van der Waals surface area contributed by atoms with Crippen LogP contribution < -0.4 is 5.73 Å². The van der Waals surface area contributed by atoms with Gasteiger partial charge in [0, 0.05) is 18.8 Å². The fourth-order valence-corrected chi connectivity index (χ4v) is 1.99. The topological polar surface area (TPSA) is 70.1 Å². The highest BCUT2D eigenvalue weighted by molar-refractivity contribution is 6.01. The van der Waals surface area contributed by atoms with Crippen molar-refractivity contribution in [1.29, 1.82) is 5.26 Å². The first-order chi connectivity index (χ1) is 8.70. The zero-order valence-corrected chi connectivity index (χ0v) is 10.1. The van der Waals surface area contributed by atoms with Crippen molar-refractivity contribution in [1.82, 2.24) is 4.90 Å². The zero-order valence-electron chi connectivity index (χ0n) is 10.1. The third-order valence-electron chi connectivity index (χ3n) is 2.99. The van der Waals surface area contributed by atoms with Crippen molar-refractivity contribution in [3.05, 3.63) is 35.4 Å². The third-order valence-corrected chi connectivity index (χ3v) is 2.99. The number of rotatable bonds is 2. The van der Waals surface area contributed by atoms with Crippen LogP contribution in [0, 0.1) is 11.3 Å². The number of anilines is 1. The Morgan fingerprint density at radius 2 is 1.89 bits per heavy atom. The Labute approximate surface area is 106 Å². The van der Waals surface area contributed by atoms with Gasteiger partial charge in [-0.05, 0) is 36.6 Å². The number of hydrogen-bond acceptors (Lipinski definition) is 3. The Hall–Kier alpha value is -2.28. The Morgan fingerprint density at radius 3 is 2.44 bits per heavy atom. The van der Waals surface area contributed by atoms with Gasteiger partial charge in [0.05, 0.1) is 0 Å². The number of nitrogen functional groups attached to an aromatic ring is 1. The second-order valence-corrected chi connectivity index (χ2v) is 4.34. The second-order valence-electron chi connectivity index (χ2n) is 4.34. The molecule has 1 amide bonds. The number of benzene rings is 1. The van der Waals surface area contributed by atoms with Crippen molar-refractivity contribution in [2.75, 3.05) is 18.8 Å². The number of carbonyl (C=O) groups is 1. The lowest BCUT2D eigenvalue weighted by Crippen LogP contribution is -2.28. The molecule has 1 fully saturated rings. The highest BCUT2D eigenvalue weighted by Gasteiger charge is 2.21. The van der Waals surface area contributed by atoms with E-state index in [-0.39, 0.29) is 11.5 Å². The smallest absolute Gasteiger partial charge is 0.264 e. The first kappa shape index (κ1) is 12.2. The molecule has 92 valence electrons. The number of amides is 1. The number of carbonyl (C=O) groups excluding carboxylic acids is 1. The molecule has 0 aromatic heterocycles. The number of nitrogens with two attached hydrogens (primary N) is 1. The van der Waals surface area contributed by atoms with E-state index in [2.05, 4.69) is 0 Å². The average Bonchev–Trinajstić information content (AvgIpc) is 2.91. The molecule has 18 heavy (non-hydrogen) atoms. The Morgan fingerprint density at radius 1 is 1.28 bits per heavy atom. The molecule has 2 N–H and O–H groups in total. The Balaban J connectivity index is 2.20. The molecule has 1 heterocycles. The molecule has 0 radical (unpaired) electrons. The first-order valence-corrected chi connectivity index (χ1v) is 5.97. The van der Waals surface area contributed by atoms with E-state index in [1.165, 1.54) is 0 Å². The van der Waals surface area contributed by atoms with Crippen LogP contribution in [0.4, 0.5) is 5.69 Å². The lowest BCUT2D eigenvalue weighted by molar-refractivity contribution is -0.125. The lowest BCUT2D eigenvalue weighted by Gasteiger charge is -2.14. The molecule has 0 bridgehead atoms. The average molecular weight is 241 g/mol. The standard InChI is InChI=1S/C14H15N3O/c15-10-12(14(18)17-7-1-2-8-17)9-11-3-5-13(16)6-4-11/h3-6,9H,1-2,7-8,16H2. The zero-order chi connectivity index (χ0) is 13.0. The summed E-state index contributed by atoms with van der Waals surface area (Å²) in [5.74, 6) is -0.174. The summed E-state index contributed by atoms with van der Waals surface area (Å²) in [7, 11) is 0. The predicted octanol–water partition coefficient (Wildman–Crippen LogP) is 1.80. The molecule has 1 aliphatic heterocycles. The van der Waals surface area contributed by atoms with E-state index >= 15 is 0 Å². The molecular formula is C14H15N3O. The van der Waals surface area contributed by atoms with Crippen LogP contribution in [0.3, 0.4) is 0 Å². The van der Waals surface area contributed by atoms with Gasteiger partial charge in [-0.3, -0.25) is 4.79 Å². The molecule has 0 saturated carbocycles. The number of nitrogens with zero attached hydrogens (tertiary/aromatic N) is 2. The van der Waals surface area contributed by atoms with E-state index in [0.717, 1.165) is 31.5 Å². The van der Waals surface area contributed by atoms with E-state index < -0.39 is 0 Å². The molecule has 1 aromatic rings. The van der Waals surface area contributed by atoms with Gasteiger partial charge in [-0.25, -0.2) is 0 Å².